The topological polar surface area (TPSA) is 63.0 Å². The highest BCUT2D eigenvalue weighted by molar-refractivity contribution is 7.10. The zero-order valence-corrected chi connectivity index (χ0v) is 17.9. The average Bonchev–Trinajstić information content (AvgIpc) is 3.37. The molecular formula is C22H21ClN2O4S. The molecule has 6 nitrogen and oxygen atoms in total. The third kappa shape index (κ3) is 3.46. The van der Waals surface area contributed by atoms with Crippen molar-refractivity contribution in [2.24, 2.45) is 0 Å². The first-order valence-electron chi connectivity index (χ1n) is 10.0. The summed E-state index contributed by atoms with van der Waals surface area (Å²) in [6.45, 7) is 4.77. The van der Waals surface area contributed by atoms with Crippen LogP contribution >= 0.6 is 22.9 Å². The van der Waals surface area contributed by atoms with Gasteiger partial charge in [-0.05, 0) is 36.1 Å². The molecule has 1 saturated heterocycles. The molecule has 0 saturated carbocycles. The second-order valence-corrected chi connectivity index (χ2v) is 8.95. The van der Waals surface area contributed by atoms with E-state index in [9.17, 15) is 9.59 Å². The highest BCUT2D eigenvalue weighted by Crippen LogP contribution is 2.40. The number of ether oxygens (including phenoxy) is 1. The minimum Gasteiger partial charge on any atom is -0.450 e. The fourth-order valence-electron chi connectivity index (χ4n) is 4.26. The number of carbonyl (C=O) groups is 1. The molecule has 156 valence electrons. The summed E-state index contributed by atoms with van der Waals surface area (Å²) in [5.41, 5.74) is 0.622. The molecule has 3 aromatic rings. The first-order valence-corrected chi connectivity index (χ1v) is 11.3. The largest absolute Gasteiger partial charge is 0.450 e. The monoisotopic (exact) mass is 444 g/mol. The summed E-state index contributed by atoms with van der Waals surface area (Å²) in [5.74, 6) is -0.0704. The van der Waals surface area contributed by atoms with Gasteiger partial charge in [-0.2, -0.15) is 0 Å². The molecule has 5 rings (SSSR count). The maximum Gasteiger partial charge on any atom is 0.290 e. The Morgan fingerprint density at radius 1 is 1.13 bits per heavy atom. The second-order valence-electron chi connectivity index (χ2n) is 7.54. The van der Waals surface area contributed by atoms with Crippen molar-refractivity contribution in [1.82, 2.24) is 9.80 Å². The molecule has 2 aliphatic heterocycles. The molecule has 1 atom stereocenters. The van der Waals surface area contributed by atoms with Crippen molar-refractivity contribution < 1.29 is 13.9 Å². The molecule has 0 N–H and O–H groups in total. The van der Waals surface area contributed by atoms with Crippen molar-refractivity contribution in [2.75, 3.05) is 39.4 Å². The van der Waals surface area contributed by atoms with Crippen molar-refractivity contribution in [1.29, 1.82) is 0 Å². The summed E-state index contributed by atoms with van der Waals surface area (Å²) < 4.78 is 11.3. The van der Waals surface area contributed by atoms with Crippen LogP contribution in [0, 0.1) is 0 Å². The predicted molar refractivity (Wildman–Crippen MR) is 117 cm³/mol. The van der Waals surface area contributed by atoms with Crippen LogP contribution in [0.5, 0.6) is 0 Å². The average molecular weight is 445 g/mol. The van der Waals surface area contributed by atoms with E-state index in [0.717, 1.165) is 44.1 Å². The van der Waals surface area contributed by atoms with Crippen LogP contribution in [0.25, 0.3) is 11.0 Å². The second kappa shape index (κ2) is 8.15. The summed E-state index contributed by atoms with van der Waals surface area (Å²) >= 11 is 7.65. The summed E-state index contributed by atoms with van der Waals surface area (Å²) in [4.78, 5) is 31.7. The molecule has 1 amide bonds. The summed E-state index contributed by atoms with van der Waals surface area (Å²) in [7, 11) is 0. The first-order chi connectivity index (χ1) is 14.6. The molecule has 1 aromatic carbocycles. The summed E-state index contributed by atoms with van der Waals surface area (Å²) in [6, 6.07) is 8.41. The number of thiophene rings is 1. The number of carbonyl (C=O) groups excluding carboxylic acids is 1. The van der Waals surface area contributed by atoms with Crippen molar-refractivity contribution >= 4 is 39.8 Å². The maximum absolute atomic E-state index is 13.4. The van der Waals surface area contributed by atoms with Gasteiger partial charge in [0.2, 0.25) is 5.76 Å². The Hall–Kier alpha value is -2.19. The lowest BCUT2D eigenvalue weighted by Crippen LogP contribution is -2.38. The SMILES string of the molecule is O=C1c2oc3ccc(Cl)cc3c(=O)c2C(c2cccs2)N1CCCN1CCOCC1. The van der Waals surface area contributed by atoms with E-state index in [1.54, 1.807) is 34.4 Å². The number of morpholine rings is 1. The van der Waals surface area contributed by atoms with Crippen LogP contribution in [0.3, 0.4) is 0 Å². The van der Waals surface area contributed by atoms with E-state index in [0.29, 0.717) is 28.1 Å². The van der Waals surface area contributed by atoms with Gasteiger partial charge in [-0.1, -0.05) is 17.7 Å². The zero-order chi connectivity index (χ0) is 20.7. The van der Waals surface area contributed by atoms with Gasteiger partial charge < -0.3 is 14.1 Å². The van der Waals surface area contributed by atoms with Gasteiger partial charge >= 0.3 is 0 Å². The number of benzene rings is 1. The summed E-state index contributed by atoms with van der Waals surface area (Å²) in [6.07, 6.45) is 0.821. The standard InChI is InChI=1S/C22H21ClN2O4S/c23-14-4-5-16-15(13-14)20(26)18-19(17-3-1-12-30-17)25(22(27)21(18)29-16)7-2-6-24-8-10-28-11-9-24/h1,3-5,12-13,19H,2,6-11H2. The van der Waals surface area contributed by atoms with Crippen LogP contribution in [0.4, 0.5) is 0 Å². The molecule has 1 unspecified atom stereocenters. The predicted octanol–water partition coefficient (Wildman–Crippen LogP) is 3.78. The highest BCUT2D eigenvalue weighted by atomic mass is 35.5. The van der Waals surface area contributed by atoms with Gasteiger partial charge in [0.05, 0.1) is 30.2 Å². The maximum atomic E-state index is 13.4. The lowest BCUT2D eigenvalue weighted by molar-refractivity contribution is 0.0354. The lowest BCUT2D eigenvalue weighted by Gasteiger charge is -2.28. The van der Waals surface area contributed by atoms with E-state index in [-0.39, 0.29) is 17.1 Å². The highest BCUT2D eigenvalue weighted by Gasteiger charge is 2.42. The van der Waals surface area contributed by atoms with E-state index in [1.165, 1.54) is 0 Å². The fraction of sp³-hybridized carbons (Fsp3) is 0.364. The van der Waals surface area contributed by atoms with Gasteiger partial charge in [-0.3, -0.25) is 14.5 Å². The Balaban J connectivity index is 1.50. The number of nitrogens with zero attached hydrogens (tertiary/aromatic N) is 2. The van der Waals surface area contributed by atoms with Crippen LogP contribution in [0.15, 0.2) is 44.9 Å². The minimum atomic E-state index is -0.420. The molecule has 0 bridgehead atoms. The Morgan fingerprint density at radius 2 is 1.97 bits per heavy atom. The van der Waals surface area contributed by atoms with Gasteiger partial charge in [0, 0.05) is 36.1 Å². The third-order valence-corrected chi connectivity index (χ3v) is 6.88. The van der Waals surface area contributed by atoms with E-state index >= 15 is 0 Å². The van der Waals surface area contributed by atoms with Gasteiger partial charge in [-0.15, -0.1) is 11.3 Å². The normalized spacial score (nSPS) is 19.6. The van der Waals surface area contributed by atoms with Crippen LogP contribution in [-0.4, -0.2) is 55.1 Å². The minimum absolute atomic E-state index is 0.152. The van der Waals surface area contributed by atoms with Crippen molar-refractivity contribution in [3.8, 4) is 0 Å². The molecule has 0 spiro atoms. The number of hydrogen-bond acceptors (Lipinski definition) is 6. The Kier molecular flexibility index (Phi) is 5.37. The summed E-state index contributed by atoms with van der Waals surface area (Å²) in [5, 5.41) is 2.84. The first kappa shape index (κ1) is 19.8. The van der Waals surface area contributed by atoms with Crippen molar-refractivity contribution in [3.05, 3.63) is 67.2 Å². The van der Waals surface area contributed by atoms with E-state index in [2.05, 4.69) is 4.90 Å². The molecule has 0 radical (unpaired) electrons. The number of fused-ring (bicyclic) bond motifs is 2. The van der Waals surface area contributed by atoms with Crippen molar-refractivity contribution in [3.63, 3.8) is 0 Å². The Labute approximate surface area is 182 Å². The molecule has 8 heteroatoms. The molecule has 0 aliphatic carbocycles. The van der Waals surface area contributed by atoms with E-state index in [4.69, 9.17) is 20.8 Å². The molecule has 2 aromatic heterocycles. The quantitative estimate of drug-likeness (QED) is 0.599. The number of hydrogen-bond donors (Lipinski definition) is 0. The third-order valence-electron chi connectivity index (χ3n) is 5.72. The Bertz CT molecular complexity index is 1140. The molecule has 4 heterocycles. The lowest BCUT2D eigenvalue weighted by atomic mass is 10.0. The van der Waals surface area contributed by atoms with Crippen LogP contribution in [0.1, 0.15) is 33.5 Å². The fourth-order valence-corrected chi connectivity index (χ4v) is 5.27. The number of rotatable bonds is 5. The van der Waals surface area contributed by atoms with Gasteiger partial charge in [0.1, 0.15) is 5.58 Å². The molecule has 30 heavy (non-hydrogen) atoms. The van der Waals surface area contributed by atoms with Crippen LogP contribution in [-0.2, 0) is 4.74 Å². The Morgan fingerprint density at radius 3 is 2.73 bits per heavy atom. The van der Waals surface area contributed by atoms with E-state index < -0.39 is 6.04 Å². The van der Waals surface area contributed by atoms with Crippen LogP contribution < -0.4 is 5.43 Å². The molecule has 1 fully saturated rings. The number of halogens is 1. The van der Waals surface area contributed by atoms with Gasteiger partial charge in [0.15, 0.2) is 5.43 Å². The van der Waals surface area contributed by atoms with Crippen molar-refractivity contribution in [2.45, 2.75) is 12.5 Å². The van der Waals surface area contributed by atoms with Crippen LogP contribution in [0.2, 0.25) is 5.02 Å². The zero-order valence-electron chi connectivity index (χ0n) is 16.3. The smallest absolute Gasteiger partial charge is 0.290 e. The number of amides is 1. The molecular weight excluding hydrogens is 424 g/mol. The van der Waals surface area contributed by atoms with Gasteiger partial charge in [0.25, 0.3) is 5.91 Å². The van der Waals surface area contributed by atoms with E-state index in [1.807, 2.05) is 17.5 Å². The molecule has 2 aliphatic rings. The van der Waals surface area contributed by atoms with Gasteiger partial charge in [-0.25, -0.2) is 0 Å².